The Labute approximate surface area is 128 Å². The predicted molar refractivity (Wildman–Crippen MR) is 81.4 cm³/mol. The molecule has 2 amide bonds. The van der Waals surface area contributed by atoms with Crippen molar-refractivity contribution in [3.63, 3.8) is 0 Å². The summed E-state index contributed by atoms with van der Waals surface area (Å²) in [5.41, 5.74) is 1.95. The molecule has 3 rings (SSSR count). The maximum atomic E-state index is 12.1. The lowest BCUT2D eigenvalue weighted by Gasteiger charge is -2.19. The quantitative estimate of drug-likeness (QED) is 0.905. The molecule has 1 aliphatic heterocycles. The number of urea groups is 1. The second-order valence-corrected chi connectivity index (χ2v) is 5.37. The standard InChI is InChI=1S/C15H19N5O2/c1-10-8-13(19-20(10)2)18-15(21)17-12-5-7-22-14(12)11-4-3-6-16-9-11/h3-4,6,8-9,12,14H,5,7H2,1-2H3,(H2,17,18,19,21)/t12-,14+/m0/s1. The molecule has 2 atom stereocenters. The van der Waals surface area contributed by atoms with Crippen LogP contribution in [-0.4, -0.2) is 33.4 Å². The third-order valence-corrected chi connectivity index (χ3v) is 3.78. The molecule has 0 unspecified atom stereocenters. The number of aryl methyl sites for hydroxylation is 2. The zero-order valence-electron chi connectivity index (χ0n) is 12.6. The molecule has 2 aromatic rings. The molecule has 0 bridgehead atoms. The van der Waals surface area contributed by atoms with E-state index in [4.69, 9.17) is 4.74 Å². The van der Waals surface area contributed by atoms with Gasteiger partial charge in [0.05, 0.1) is 6.04 Å². The highest BCUT2D eigenvalue weighted by molar-refractivity contribution is 5.88. The minimum atomic E-state index is -0.275. The van der Waals surface area contributed by atoms with Gasteiger partial charge >= 0.3 is 6.03 Å². The highest BCUT2D eigenvalue weighted by Crippen LogP contribution is 2.28. The topological polar surface area (TPSA) is 81.1 Å². The Balaban J connectivity index is 1.63. The smallest absolute Gasteiger partial charge is 0.320 e. The number of anilines is 1. The number of carbonyl (C=O) groups excluding carboxylic acids is 1. The molecule has 2 aromatic heterocycles. The van der Waals surface area contributed by atoms with Gasteiger partial charge in [0.2, 0.25) is 0 Å². The van der Waals surface area contributed by atoms with E-state index in [-0.39, 0.29) is 18.2 Å². The molecule has 0 aromatic carbocycles. The molecule has 1 saturated heterocycles. The van der Waals surface area contributed by atoms with Gasteiger partial charge in [0, 0.05) is 43.4 Å². The first-order valence-corrected chi connectivity index (χ1v) is 7.23. The molecule has 7 nitrogen and oxygen atoms in total. The van der Waals surface area contributed by atoms with Crippen LogP contribution in [0.2, 0.25) is 0 Å². The lowest BCUT2D eigenvalue weighted by molar-refractivity contribution is 0.100. The summed E-state index contributed by atoms with van der Waals surface area (Å²) in [7, 11) is 1.83. The Bertz CT molecular complexity index is 636. The van der Waals surface area contributed by atoms with Gasteiger partial charge < -0.3 is 10.1 Å². The van der Waals surface area contributed by atoms with Crippen molar-refractivity contribution >= 4 is 11.8 Å². The minimum Gasteiger partial charge on any atom is -0.371 e. The van der Waals surface area contributed by atoms with Crippen molar-refractivity contribution in [3.8, 4) is 0 Å². The summed E-state index contributed by atoms with van der Waals surface area (Å²) in [6, 6.07) is 5.29. The first-order chi connectivity index (χ1) is 10.6. The average molecular weight is 301 g/mol. The van der Waals surface area contributed by atoms with Crippen LogP contribution in [0.5, 0.6) is 0 Å². The average Bonchev–Trinajstić information content (AvgIpc) is 3.07. The molecule has 2 N–H and O–H groups in total. The van der Waals surface area contributed by atoms with E-state index >= 15 is 0 Å². The molecule has 1 fully saturated rings. The summed E-state index contributed by atoms with van der Waals surface area (Å²) in [4.78, 5) is 16.2. The number of amides is 2. The third-order valence-electron chi connectivity index (χ3n) is 3.78. The van der Waals surface area contributed by atoms with E-state index in [9.17, 15) is 4.79 Å². The second kappa shape index (κ2) is 6.15. The van der Waals surface area contributed by atoms with Gasteiger partial charge in [-0.1, -0.05) is 6.07 Å². The summed E-state index contributed by atoms with van der Waals surface area (Å²) in [5.74, 6) is 0.536. The summed E-state index contributed by atoms with van der Waals surface area (Å²) in [6.45, 7) is 2.55. The Hall–Kier alpha value is -2.41. The Morgan fingerprint density at radius 3 is 3.05 bits per heavy atom. The minimum absolute atomic E-state index is 0.0750. The van der Waals surface area contributed by atoms with Gasteiger partial charge in [-0.15, -0.1) is 0 Å². The molecular weight excluding hydrogens is 282 g/mol. The molecule has 0 aliphatic carbocycles. The number of nitrogens with one attached hydrogen (secondary N) is 2. The second-order valence-electron chi connectivity index (χ2n) is 5.37. The Morgan fingerprint density at radius 1 is 1.50 bits per heavy atom. The number of nitrogens with zero attached hydrogens (tertiary/aromatic N) is 3. The van der Waals surface area contributed by atoms with Crippen LogP contribution in [0.15, 0.2) is 30.6 Å². The van der Waals surface area contributed by atoms with Crippen LogP contribution >= 0.6 is 0 Å². The molecule has 7 heteroatoms. The molecule has 1 aliphatic rings. The van der Waals surface area contributed by atoms with E-state index in [0.29, 0.717) is 12.4 Å². The summed E-state index contributed by atoms with van der Waals surface area (Å²) >= 11 is 0. The summed E-state index contributed by atoms with van der Waals surface area (Å²) in [5, 5.41) is 9.91. The van der Waals surface area contributed by atoms with E-state index < -0.39 is 0 Å². The van der Waals surface area contributed by atoms with Gasteiger partial charge in [0.1, 0.15) is 6.10 Å². The van der Waals surface area contributed by atoms with E-state index in [1.165, 1.54) is 0 Å². The predicted octanol–water partition coefficient (Wildman–Crippen LogP) is 1.78. The largest absolute Gasteiger partial charge is 0.371 e. The van der Waals surface area contributed by atoms with Crippen LogP contribution in [0.3, 0.4) is 0 Å². The van der Waals surface area contributed by atoms with Crippen molar-refractivity contribution in [2.75, 3.05) is 11.9 Å². The van der Waals surface area contributed by atoms with Crippen LogP contribution in [0.25, 0.3) is 0 Å². The zero-order chi connectivity index (χ0) is 15.5. The van der Waals surface area contributed by atoms with Crippen molar-refractivity contribution in [2.45, 2.75) is 25.5 Å². The van der Waals surface area contributed by atoms with Crippen LogP contribution in [0.1, 0.15) is 23.8 Å². The fourth-order valence-electron chi connectivity index (χ4n) is 2.55. The molecule has 22 heavy (non-hydrogen) atoms. The number of aromatic nitrogens is 3. The molecule has 0 radical (unpaired) electrons. The van der Waals surface area contributed by atoms with E-state index in [2.05, 4.69) is 20.7 Å². The number of pyridine rings is 1. The van der Waals surface area contributed by atoms with Crippen molar-refractivity contribution in [1.29, 1.82) is 0 Å². The number of rotatable bonds is 3. The van der Waals surface area contributed by atoms with Crippen LogP contribution in [0, 0.1) is 6.92 Å². The van der Waals surface area contributed by atoms with Crippen molar-refractivity contribution < 1.29 is 9.53 Å². The molecule has 0 saturated carbocycles. The van der Waals surface area contributed by atoms with E-state index in [0.717, 1.165) is 17.7 Å². The number of hydrogen-bond donors (Lipinski definition) is 2. The fourth-order valence-corrected chi connectivity index (χ4v) is 2.55. The SMILES string of the molecule is Cc1cc(NC(=O)N[C@H]2CCO[C@@H]2c2cccnc2)nn1C. The van der Waals surface area contributed by atoms with E-state index in [1.807, 2.05) is 32.2 Å². The third kappa shape index (κ3) is 3.09. The zero-order valence-corrected chi connectivity index (χ0v) is 12.6. The van der Waals surface area contributed by atoms with Gasteiger partial charge in [0.15, 0.2) is 5.82 Å². The first kappa shape index (κ1) is 14.5. The molecule has 116 valence electrons. The summed E-state index contributed by atoms with van der Waals surface area (Å²) < 4.78 is 7.44. The summed E-state index contributed by atoms with van der Waals surface area (Å²) in [6.07, 6.45) is 4.10. The lowest BCUT2D eigenvalue weighted by Crippen LogP contribution is -2.39. The number of carbonyl (C=O) groups is 1. The highest BCUT2D eigenvalue weighted by Gasteiger charge is 2.31. The van der Waals surface area contributed by atoms with Gasteiger partial charge in [0.25, 0.3) is 0 Å². The Kier molecular flexibility index (Phi) is 4.06. The van der Waals surface area contributed by atoms with E-state index in [1.54, 1.807) is 17.1 Å². The molecular formula is C15H19N5O2. The maximum Gasteiger partial charge on any atom is 0.320 e. The van der Waals surface area contributed by atoms with Crippen LogP contribution in [-0.2, 0) is 11.8 Å². The highest BCUT2D eigenvalue weighted by atomic mass is 16.5. The van der Waals surface area contributed by atoms with Gasteiger partial charge in [-0.25, -0.2) is 4.79 Å². The number of ether oxygens (including phenoxy) is 1. The van der Waals surface area contributed by atoms with Crippen LogP contribution < -0.4 is 10.6 Å². The van der Waals surface area contributed by atoms with Gasteiger partial charge in [-0.3, -0.25) is 15.0 Å². The molecule has 0 spiro atoms. The first-order valence-electron chi connectivity index (χ1n) is 7.23. The monoisotopic (exact) mass is 301 g/mol. The maximum absolute atomic E-state index is 12.1. The van der Waals surface area contributed by atoms with Crippen molar-refractivity contribution in [2.24, 2.45) is 7.05 Å². The molecule has 3 heterocycles. The van der Waals surface area contributed by atoms with Gasteiger partial charge in [-0.05, 0) is 19.4 Å². The normalized spacial score (nSPS) is 20.8. The Morgan fingerprint density at radius 2 is 2.36 bits per heavy atom. The number of hydrogen-bond acceptors (Lipinski definition) is 4. The van der Waals surface area contributed by atoms with Crippen LogP contribution in [0.4, 0.5) is 10.6 Å². The van der Waals surface area contributed by atoms with Crippen molar-refractivity contribution in [1.82, 2.24) is 20.1 Å². The van der Waals surface area contributed by atoms with Crippen molar-refractivity contribution in [3.05, 3.63) is 41.9 Å². The van der Waals surface area contributed by atoms with Gasteiger partial charge in [-0.2, -0.15) is 5.10 Å². The fraction of sp³-hybridized carbons (Fsp3) is 0.400. The lowest BCUT2D eigenvalue weighted by atomic mass is 10.0.